The molecule has 31 heavy (non-hydrogen) atoms. The van der Waals surface area contributed by atoms with Crippen LogP contribution in [-0.2, 0) is 9.53 Å². The van der Waals surface area contributed by atoms with E-state index in [1.54, 1.807) is 29.2 Å². The van der Waals surface area contributed by atoms with Crippen molar-refractivity contribution in [3.63, 3.8) is 0 Å². The first-order valence-electron chi connectivity index (χ1n) is 10.4. The third-order valence-corrected chi connectivity index (χ3v) is 5.82. The molecule has 1 fully saturated rings. The van der Waals surface area contributed by atoms with Crippen LogP contribution in [0.3, 0.4) is 0 Å². The van der Waals surface area contributed by atoms with Crippen LogP contribution in [0.1, 0.15) is 34.3 Å². The van der Waals surface area contributed by atoms with E-state index in [-0.39, 0.29) is 23.2 Å². The first-order valence-corrected chi connectivity index (χ1v) is 10.4. The summed E-state index contributed by atoms with van der Waals surface area (Å²) < 4.78 is 10.9. The molecule has 0 radical (unpaired) electrons. The Hall–Kier alpha value is -3.41. The molecule has 1 atom stereocenters. The van der Waals surface area contributed by atoms with Gasteiger partial charge in [0.05, 0.1) is 18.4 Å². The van der Waals surface area contributed by atoms with Gasteiger partial charge in [-0.3, -0.25) is 14.4 Å². The molecule has 3 aromatic rings. The van der Waals surface area contributed by atoms with Crippen LogP contribution in [0.25, 0.3) is 22.3 Å². The summed E-state index contributed by atoms with van der Waals surface area (Å²) in [5.41, 5.74) is 3.66. The fourth-order valence-electron chi connectivity index (χ4n) is 4.23. The van der Waals surface area contributed by atoms with Crippen molar-refractivity contribution in [3.05, 3.63) is 69.4 Å². The number of benzene rings is 2. The number of esters is 1. The molecule has 0 N–H and O–H groups in total. The summed E-state index contributed by atoms with van der Waals surface area (Å²) in [6.07, 6.45) is 1.50. The molecule has 0 aliphatic carbocycles. The average molecular weight is 419 g/mol. The molecule has 2 heterocycles. The van der Waals surface area contributed by atoms with E-state index < -0.39 is 0 Å². The number of likely N-dealkylation sites (tertiary alicyclic amines) is 1. The highest BCUT2D eigenvalue weighted by Gasteiger charge is 2.29. The average Bonchev–Trinajstić information content (AvgIpc) is 2.78. The fourth-order valence-corrected chi connectivity index (χ4v) is 4.23. The summed E-state index contributed by atoms with van der Waals surface area (Å²) in [5.74, 6) is -0.205. The SMILES string of the molecule is COC(=O)C1CCCN(C(=O)c2ccc(-c3cc(=O)c4cc(C)cc(C)c4o3)cc2)C1. The minimum Gasteiger partial charge on any atom is -0.469 e. The van der Waals surface area contributed by atoms with Gasteiger partial charge < -0.3 is 14.1 Å². The lowest BCUT2D eigenvalue weighted by atomic mass is 9.97. The zero-order valence-electron chi connectivity index (χ0n) is 17.9. The Labute approximate surface area is 180 Å². The molecule has 0 bridgehead atoms. The van der Waals surface area contributed by atoms with E-state index in [4.69, 9.17) is 9.15 Å². The van der Waals surface area contributed by atoms with Crippen molar-refractivity contribution in [2.75, 3.05) is 20.2 Å². The molecule has 1 amide bonds. The second-order valence-corrected chi connectivity index (χ2v) is 8.12. The number of methoxy groups -OCH3 is 1. The summed E-state index contributed by atoms with van der Waals surface area (Å²) in [4.78, 5) is 39.1. The van der Waals surface area contributed by atoms with E-state index in [1.807, 2.05) is 26.0 Å². The Balaban J connectivity index is 1.59. The lowest BCUT2D eigenvalue weighted by Crippen LogP contribution is -2.42. The summed E-state index contributed by atoms with van der Waals surface area (Å²) in [7, 11) is 1.37. The van der Waals surface area contributed by atoms with Gasteiger partial charge in [-0.25, -0.2) is 0 Å². The van der Waals surface area contributed by atoms with Crippen LogP contribution in [0.4, 0.5) is 0 Å². The Kier molecular flexibility index (Phi) is 5.63. The van der Waals surface area contributed by atoms with E-state index in [1.165, 1.54) is 13.2 Å². The topological polar surface area (TPSA) is 76.8 Å². The Bertz CT molecular complexity index is 1210. The molecule has 4 rings (SSSR count). The van der Waals surface area contributed by atoms with E-state index >= 15 is 0 Å². The summed E-state index contributed by atoms with van der Waals surface area (Å²) >= 11 is 0. The lowest BCUT2D eigenvalue weighted by Gasteiger charge is -2.31. The largest absolute Gasteiger partial charge is 0.469 e. The zero-order chi connectivity index (χ0) is 22.1. The van der Waals surface area contributed by atoms with Crippen LogP contribution in [0, 0.1) is 19.8 Å². The Morgan fingerprint density at radius 3 is 2.55 bits per heavy atom. The predicted octanol–water partition coefficient (Wildman–Crippen LogP) is 4.10. The molecule has 1 unspecified atom stereocenters. The predicted molar refractivity (Wildman–Crippen MR) is 118 cm³/mol. The number of hydrogen-bond acceptors (Lipinski definition) is 5. The lowest BCUT2D eigenvalue weighted by molar-refractivity contribution is -0.146. The number of nitrogens with zero attached hydrogens (tertiary/aromatic N) is 1. The number of ether oxygens (including phenoxy) is 1. The highest BCUT2D eigenvalue weighted by molar-refractivity contribution is 5.95. The van der Waals surface area contributed by atoms with Gasteiger partial charge in [0, 0.05) is 30.3 Å². The Morgan fingerprint density at radius 1 is 1.10 bits per heavy atom. The van der Waals surface area contributed by atoms with Crippen LogP contribution in [0.5, 0.6) is 0 Å². The van der Waals surface area contributed by atoms with Gasteiger partial charge in [0.2, 0.25) is 0 Å². The molecule has 0 spiro atoms. The molecule has 1 saturated heterocycles. The van der Waals surface area contributed by atoms with E-state index in [2.05, 4.69) is 0 Å². The van der Waals surface area contributed by atoms with Crippen molar-refractivity contribution >= 4 is 22.8 Å². The second-order valence-electron chi connectivity index (χ2n) is 8.12. The maximum atomic E-state index is 12.9. The van der Waals surface area contributed by atoms with Crippen LogP contribution < -0.4 is 5.43 Å². The van der Waals surface area contributed by atoms with Crippen molar-refractivity contribution in [2.45, 2.75) is 26.7 Å². The zero-order valence-corrected chi connectivity index (χ0v) is 17.9. The summed E-state index contributed by atoms with van der Waals surface area (Å²) in [6.45, 7) is 4.85. The maximum absolute atomic E-state index is 12.9. The van der Waals surface area contributed by atoms with E-state index in [0.717, 1.165) is 29.5 Å². The van der Waals surface area contributed by atoms with Gasteiger partial charge in [-0.05, 0) is 56.0 Å². The minimum atomic E-state index is -0.277. The molecule has 1 aliphatic rings. The van der Waals surface area contributed by atoms with Gasteiger partial charge in [-0.2, -0.15) is 0 Å². The highest BCUT2D eigenvalue weighted by Crippen LogP contribution is 2.26. The molecule has 1 aliphatic heterocycles. The maximum Gasteiger partial charge on any atom is 0.310 e. The Morgan fingerprint density at radius 2 is 1.84 bits per heavy atom. The second kappa shape index (κ2) is 8.38. The number of hydrogen-bond donors (Lipinski definition) is 0. The third kappa shape index (κ3) is 4.10. The first-order chi connectivity index (χ1) is 14.9. The smallest absolute Gasteiger partial charge is 0.310 e. The molecular weight excluding hydrogens is 394 g/mol. The van der Waals surface area contributed by atoms with Crippen LogP contribution in [0.2, 0.25) is 0 Å². The van der Waals surface area contributed by atoms with Crippen molar-refractivity contribution in [2.24, 2.45) is 5.92 Å². The number of carbonyl (C=O) groups is 2. The molecular formula is C25H25NO5. The van der Waals surface area contributed by atoms with Gasteiger partial charge in [-0.15, -0.1) is 0 Å². The number of fused-ring (bicyclic) bond motifs is 1. The van der Waals surface area contributed by atoms with Crippen LogP contribution in [0.15, 0.2) is 51.7 Å². The fraction of sp³-hybridized carbons (Fsp3) is 0.320. The van der Waals surface area contributed by atoms with Crippen LogP contribution >= 0.6 is 0 Å². The number of carbonyl (C=O) groups excluding carboxylic acids is 2. The molecule has 160 valence electrons. The molecule has 6 nitrogen and oxygen atoms in total. The van der Waals surface area contributed by atoms with Gasteiger partial charge >= 0.3 is 5.97 Å². The highest BCUT2D eigenvalue weighted by atomic mass is 16.5. The minimum absolute atomic E-state index is 0.0922. The standard InChI is InChI=1S/C25H25NO5/c1-15-11-16(2)23-20(12-15)21(27)13-22(31-23)17-6-8-18(9-7-17)24(28)26-10-4-5-19(14-26)25(29)30-3/h6-9,11-13,19H,4-5,10,14H2,1-3H3. The normalized spacial score (nSPS) is 16.4. The monoisotopic (exact) mass is 419 g/mol. The van der Waals surface area contributed by atoms with Gasteiger partial charge in [0.25, 0.3) is 5.91 Å². The van der Waals surface area contributed by atoms with Gasteiger partial charge in [0.15, 0.2) is 5.43 Å². The molecule has 2 aromatic carbocycles. The molecule has 0 saturated carbocycles. The van der Waals surface area contributed by atoms with Gasteiger partial charge in [0.1, 0.15) is 11.3 Å². The quantitative estimate of drug-likeness (QED) is 0.598. The van der Waals surface area contributed by atoms with Crippen LogP contribution in [-0.4, -0.2) is 37.0 Å². The summed E-state index contributed by atoms with van der Waals surface area (Å²) in [5, 5.41) is 0.568. The van der Waals surface area contributed by atoms with Gasteiger partial charge in [-0.1, -0.05) is 18.2 Å². The number of amides is 1. The summed E-state index contributed by atoms with van der Waals surface area (Å²) in [6, 6.07) is 12.3. The third-order valence-electron chi connectivity index (χ3n) is 5.82. The molecule has 6 heteroatoms. The first kappa shape index (κ1) is 20.8. The number of rotatable bonds is 3. The van der Waals surface area contributed by atoms with E-state index in [0.29, 0.717) is 35.4 Å². The number of aryl methyl sites for hydroxylation is 2. The molecule has 1 aromatic heterocycles. The number of piperidine rings is 1. The van der Waals surface area contributed by atoms with Crippen molar-refractivity contribution in [1.82, 2.24) is 4.90 Å². The van der Waals surface area contributed by atoms with Crippen molar-refractivity contribution in [3.8, 4) is 11.3 Å². The van der Waals surface area contributed by atoms with E-state index in [9.17, 15) is 14.4 Å². The van der Waals surface area contributed by atoms with Crippen molar-refractivity contribution in [1.29, 1.82) is 0 Å². The van der Waals surface area contributed by atoms with Crippen molar-refractivity contribution < 1.29 is 18.7 Å².